The van der Waals surface area contributed by atoms with Crippen molar-refractivity contribution in [2.24, 2.45) is 0 Å². The minimum Gasteiger partial charge on any atom is -0.390 e. The zero-order valence-corrected chi connectivity index (χ0v) is 12.3. The normalized spacial score (nSPS) is 20.2. The second kappa shape index (κ2) is 6.74. The molecule has 0 spiro atoms. The van der Waals surface area contributed by atoms with Gasteiger partial charge < -0.3 is 9.84 Å². The highest BCUT2D eigenvalue weighted by molar-refractivity contribution is 6.30. The number of aliphatic hydroxyl groups is 1. The number of rotatable bonds is 5. The maximum absolute atomic E-state index is 10.6. The molecular weight excluding hydrogens is 260 g/mol. The van der Waals surface area contributed by atoms with E-state index in [9.17, 15) is 5.11 Å². The van der Waals surface area contributed by atoms with Crippen molar-refractivity contribution in [2.45, 2.75) is 57.2 Å². The van der Waals surface area contributed by atoms with Crippen molar-refractivity contribution in [3.05, 3.63) is 34.9 Å². The van der Waals surface area contributed by atoms with Crippen LogP contribution in [0.2, 0.25) is 5.02 Å². The SMILES string of the molecule is CCOC1(C(O)Cc2cccc(Cl)c2)CCCCC1. The first-order valence-electron chi connectivity index (χ1n) is 7.23. The van der Waals surface area contributed by atoms with Crippen LogP contribution in [0.1, 0.15) is 44.6 Å². The van der Waals surface area contributed by atoms with Gasteiger partial charge >= 0.3 is 0 Å². The summed E-state index contributed by atoms with van der Waals surface area (Å²) in [4.78, 5) is 0. The fraction of sp³-hybridized carbons (Fsp3) is 0.625. The van der Waals surface area contributed by atoms with Crippen LogP contribution in [-0.2, 0) is 11.2 Å². The summed E-state index contributed by atoms with van der Waals surface area (Å²) in [6.45, 7) is 2.66. The molecule has 1 aliphatic rings. The summed E-state index contributed by atoms with van der Waals surface area (Å²) >= 11 is 6.00. The lowest BCUT2D eigenvalue weighted by atomic mass is 9.78. The molecular formula is C16H23ClO2. The number of hydrogen-bond acceptors (Lipinski definition) is 2. The molecule has 0 heterocycles. The first kappa shape index (κ1) is 14.8. The molecule has 2 nitrogen and oxygen atoms in total. The summed E-state index contributed by atoms with van der Waals surface area (Å²) in [6, 6.07) is 7.72. The largest absolute Gasteiger partial charge is 0.390 e. The van der Waals surface area contributed by atoms with Crippen molar-refractivity contribution in [1.29, 1.82) is 0 Å². The van der Waals surface area contributed by atoms with Crippen molar-refractivity contribution in [1.82, 2.24) is 0 Å². The molecule has 3 heteroatoms. The number of hydrogen-bond donors (Lipinski definition) is 1. The van der Waals surface area contributed by atoms with Crippen molar-refractivity contribution in [3.8, 4) is 0 Å². The molecule has 1 aromatic rings. The van der Waals surface area contributed by atoms with Gasteiger partial charge in [-0.3, -0.25) is 0 Å². The second-order valence-corrected chi connectivity index (χ2v) is 5.84. The molecule has 0 bridgehead atoms. The Morgan fingerprint density at radius 2 is 2.05 bits per heavy atom. The lowest BCUT2D eigenvalue weighted by Crippen LogP contribution is -2.47. The van der Waals surface area contributed by atoms with Crippen molar-refractivity contribution in [2.75, 3.05) is 6.61 Å². The van der Waals surface area contributed by atoms with Gasteiger partial charge in [0, 0.05) is 18.1 Å². The van der Waals surface area contributed by atoms with Crippen LogP contribution in [-0.4, -0.2) is 23.4 Å². The van der Waals surface area contributed by atoms with Crippen molar-refractivity contribution >= 4 is 11.6 Å². The van der Waals surface area contributed by atoms with Gasteiger partial charge in [-0.15, -0.1) is 0 Å². The molecule has 0 aliphatic heterocycles. The van der Waals surface area contributed by atoms with Crippen LogP contribution in [0.15, 0.2) is 24.3 Å². The van der Waals surface area contributed by atoms with E-state index in [-0.39, 0.29) is 5.60 Å². The van der Waals surface area contributed by atoms with Gasteiger partial charge in [-0.2, -0.15) is 0 Å². The van der Waals surface area contributed by atoms with E-state index in [1.165, 1.54) is 6.42 Å². The van der Waals surface area contributed by atoms with Gasteiger partial charge in [-0.1, -0.05) is 43.0 Å². The Morgan fingerprint density at radius 3 is 2.68 bits per heavy atom. The third-order valence-electron chi connectivity index (χ3n) is 4.06. The van der Waals surface area contributed by atoms with Crippen LogP contribution >= 0.6 is 11.6 Å². The van der Waals surface area contributed by atoms with Crippen molar-refractivity contribution < 1.29 is 9.84 Å². The van der Waals surface area contributed by atoms with E-state index >= 15 is 0 Å². The van der Waals surface area contributed by atoms with Gasteiger partial charge in [-0.25, -0.2) is 0 Å². The molecule has 1 N–H and O–H groups in total. The Kier molecular flexibility index (Phi) is 5.26. The number of benzene rings is 1. The first-order valence-corrected chi connectivity index (χ1v) is 7.60. The van der Waals surface area contributed by atoms with Gasteiger partial charge in [0.2, 0.25) is 0 Å². The highest BCUT2D eigenvalue weighted by Crippen LogP contribution is 2.36. The monoisotopic (exact) mass is 282 g/mol. The number of halogens is 1. The summed E-state index contributed by atoms with van der Waals surface area (Å²) in [5.41, 5.74) is 0.722. The molecule has 106 valence electrons. The molecule has 1 fully saturated rings. The third-order valence-corrected chi connectivity index (χ3v) is 4.29. The van der Waals surface area contributed by atoms with E-state index in [4.69, 9.17) is 16.3 Å². The number of ether oxygens (including phenoxy) is 1. The predicted octanol–water partition coefficient (Wildman–Crippen LogP) is 3.98. The van der Waals surface area contributed by atoms with Crippen LogP contribution in [0.3, 0.4) is 0 Å². The fourth-order valence-electron chi connectivity index (χ4n) is 3.08. The van der Waals surface area contributed by atoms with Gasteiger partial charge in [0.1, 0.15) is 0 Å². The molecule has 1 aromatic carbocycles. The summed E-state index contributed by atoms with van der Waals surface area (Å²) in [5.74, 6) is 0. The highest BCUT2D eigenvalue weighted by atomic mass is 35.5. The quantitative estimate of drug-likeness (QED) is 0.885. The number of aliphatic hydroxyl groups excluding tert-OH is 1. The van der Waals surface area contributed by atoms with Crippen molar-refractivity contribution in [3.63, 3.8) is 0 Å². The zero-order valence-electron chi connectivity index (χ0n) is 11.6. The molecule has 2 rings (SSSR count). The lowest BCUT2D eigenvalue weighted by Gasteiger charge is -2.41. The molecule has 0 radical (unpaired) electrons. The van der Waals surface area contributed by atoms with Crippen LogP contribution < -0.4 is 0 Å². The van der Waals surface area contributed by atoms with Gasteiger partial charge in [-0.05, 0) is 37.5 Å². The smallest absolute Gasteiger partial charge is 0.0943 e. The Bertz CT molecular complexity index is 394. The lowest BCUT2D eigenvalue weighted by molar-refractivity contribution is -0.138. The second-order valence-electron chi connectivity index (χ2n) is 5.41. The van der Waals surface area contributed by atoms with Gasteiger partial charge in [0.05, 0.1) is 11.7 Å². The Labute approximate surface area is 120 Å². The molecule has 0 amide bonds. The molecule has 1 saturated carbocycles. The van der Waals surface area contributed by atoms with Crippen LogP contribution in [0, 0.1) is 0 Å². The minimum atomic E-state index is -0.453. The van der Waals surface area contributed by atoms with E-state index in [0.717, 1.165) is 36.3 Å². The average Bonchev–Trinajstić information content (AvgIpc) is 2.40. The molecule has 19 heavy (non-hydrogen) atoms. The highest BCUT2D eigenvalue weighted by Gasteiger charge is 2.39. The van der Waals surface area contributed by atoms with Gasteiger partial charge in [0.15, 0.2) is 0 Å². The Balaban J connectivity index is 2.08. The molecule has 1 aliphatic carbocycles. The van der Waals surface area contributed by atoms with E-state index in [0.29, 0.717) is 13.0 Å². The fourth-order valence-corrected chi connectivity index (χ4v) is 3.30. The topological polar surface area (TPSA) is 29.5 Å². The Hall–Kier alpha value is -0.570. The predicted molar refractivity (Wildman–Crippen MR) is 78.6 cm³/mol. The van der Waals surface area contributed by atoms with E-state index in [2.05, 4.69) is 0 Å². The summed E-state index contributed by atoms with van der Waals surface area (Å²) in [6.07, 6.45) is 5.62. The standard InChI is InChI=1S/C16H23ClO2/c1-2-19-16(9-4-3-5-10-16)15(18)12-13-7-6-8-14(17)11-13/h6-8,11,15,18H,2-5,9-10,12H2,1H3. The minimum absolute atomic E-state index is 0.352. The maximum Gasteiger partial charge on any atom is 0.0943 e. The van der Waals surface area contributed by atoms with E-state index in [1.807, 2.05) is 31.2 Å². The first-order chi connectivity index (χ1) is 9.16. The zero-order chi connectivity index (χ0) is 13.7. The summed E-state index contributed by atoms with van der Waals surface area (Å²) in [7, 11) is 0. The van der Waals surface area contributed by atoms with Crippen LogP contribution in [0.5, 0.6) is 0 Å². The van der Waals surface area contributed by atoms with Gasteiger partial charge in [0.25, 0.3) is 0 Å². The molecule has 0 saturated heterocycles. The maximum atomic E-state index is 10.6. The molecule has 0 aromatic heterocycles. The third kappa shape index (κ3) is 3.71. The molecule has 1 unspecified atom stereocenters. The van der Waals surface area contributed by atoms with Crippen LogP contribution in [0.25, 0.3) is 0 Å². The molecule has 1 atom stereocenters. The summed E-state index contributed by atoms with van der Waals surface area (Å²) < 4.78 is 5.95. The average molecular weight is 283 g/mol. The van der Waals surface area contributed by atoms with Crippen LogP contribution in [0.4, 0.5) is 0 Å². The summed E-state index contributed by atoms with van der Waals surface area (Å²) in [5, 5.41) is 11.4. The van der Waals surface area contributed by atoms with E-state index < -0.39 is 6.10 Å². The Morgan fingerprint density at radius 1 is 1.32 bits per heavy atom. The van der Waals surface area contributed by atoms with E-state index in [1.54, 1.807) is 0 Å².